The Balaban J connectivity index is 1.80. The van der Waals surface area contributed by atoms with Crippen molar-refractivity contribution in [1.29, 1.82) is 0 Å². The van der Waals surface area contributed by atoms with E-state index >= 15 is 0 Å². The molecule has 1 atom stereocenters. The number of nitrogens with zero attached hydrogens (tertiary/aromatic N) is 1. The number of hydrogen-bond acceptors (Lipinski definition) is 4. The van der Waals surface area contributed by atoms with Gasteiger partial charge in [-0.3, -0.25) is 0 Å². The van der Waals surface area contributed by atoms with Crippen LogP contribution in [-0.4, -0.2) is 19.9 Å². The lowest BCUT2D eigenvalue weighted by Crippen LogP contribution is -2.09. The molecule has 2 aromatic carbocycles. The Morgan fingerprint density at radius 2 is 1.76 bits per heavy atom. The molecule has 2 aromatic rings. The predicted molar refractivity (Wildman–Crippen MR) is 83.0 cm³/mol. The fourth-order valence-corrected chi connectivity index (χ4v) is 2.52. The van der Waals surface area contributed by atoms with Gasteiger partial charge < -0.3 is 14.9 Å². The van der Waals surface area contributed by atoms with Gasteiger partial charge >= 0.3 is 0 Å². The molecule has 1 N–H and O–H groups in total. The summed E-state index contributed by atoms with van der Waals surface area (Å²) in [5, 5.41) is 4.46. The quantitative estimate of drug-likeness (QED) is 0.936. The Hall–Kier alpha value is -2.49. The van der Waals surface area contributed by atoms with Crippen molar-refractivity contribution < 1.29 is 9.47 Å². The Kier molecular flexibility index (Phi) is 3.77. The van der Waals surface area contributed by atoms with Crippen LogP contribution in [-0.2, 0) is 0 Å². The highest BCUT2D eigenvalue weighted by Gasteiger charge is 2.21. The van der Waals surface area contributed by atoms with E-state index in [-0.39, 0.29) is 6.04 Å². The number of nitrogens with one attached hydrogen (secondary N) is 1. The number of hydrogen-bond donors (Lipinski definition) is 1. The molecule has 0 saturated heterocycles. The fraction of sp³-hybridized carbons (Fsp3) is 0.235. The van der Waals surface area contributed by atoms with Crippen LogP contribution < -0.4 is 14.9 Å². The maximum Gasteiger partial charge on any atom is 0.161 e. The first-order valence-electron chi connectivity index (χ1n) is 6.91. The minimum Gasteiger partial charge on any atom is -0.493 e. The molecule has 0 radical (unpaired) electrons. The van der Waals surface area contributed by atoms with Crippen molar-refractivity contribution in [3.63, 3.8) is 0 Å². The standard InChI is InChI=1S/C17H18N2O2/c1-20-16-9-8-13(10-17(16)21-2)15-11-14(18-19-15)12-6-4-3-5-7-12/h3-10,14,18H,11H2,1-2H3/t14-/m1/s1. The van der Waals surface area contributed by atoms with Gasteiger partial charge in [0.25, 0.3) is 0 Å². The van der Waals surface area contributed by atoms with Gasteiger partial charge in [0.05, 0.1) is 26.0 Å². The van der Waals surface area contributed by atoms with Gasteiger partial charge in [0.15, 0.2) is 11.5 Å². The number of benzene rings is 2. The van der Waals surface area contributed by atoms with Crippen LogP contribution in [0.3, 0.4) is 0 Å². The Bertz CT molecular complexity index is 653. The SMILES string of the molecule is COc1ccc(C2=NN[C@@H](c3ccccc3)C2)cc1OC. The molecule has 0 saturated carbocycles. The number of methoxy groups -OCH3 is 2. The molecule has 0 amide bonds. The van der Waals surface area contributed by atoms with Crippen LogP contribution in [0.1, 0.15) is 23.6 Å². The molecule has 0 unspecified atom stereocenters. The Labute approximate surface area is 124 Å². The highest BCUT2D eigenvalue weighted by Crippen LogP contribution is 2.30. The van der Waals surface area contributed by atoms with E-state index in [4.69, 9.17) is 9.47 Å². The van der Waals surface area contributed by atoms with E-state index in [9.17, 15) is 0 Å². The van der Waals surface area contributed by atoms with E-state index in [1.807, 2.05) is 36.4 Å². The molecule has 0 aromatic heterocycles. The van der Waals surface area contributed by atoms with Gasteiger partial charge in [0.1, 0.15) is 0 Å². The van der Waals surface area contributed by atoms with Gasteiger partial charge in [0, 0.05) is 12.0 Å². The first-order chi connectivity index (χ1) is 10.3. The van der Waals surface area contributed by atoms with Gasteiger partial charge in [-0.05, 0) is 23.8 Å². The molecule has 0 fully saturated rings. The molecule has 0 bridgehead atoms. The Morgan fingerprint density at radius 3 is 2.48 bits per heavy atom. The summed E-state index contributed by atoms with van der Waals surface area (Å²) in [7, 11) is 3.28. The van der Waals surface area contributed by atoms with Gasteiger partial charge in [0.2, 0.25) is 0 Å². The van der Waals surface area contributed by atoms with Crippen molar-refractivity contribution >= 4 is 5.71 Å². The monoisotopic (exact) mass is 282 g/mol. The third-order valence-corrected chi connectivity index (χ3v) is 3.67. The van der Waals surface area contributed by atoms with Crippen LogP contribution >= 0.6 is 0 Å². The summed E-state index contributed by atoms with van der Waals surface area (Å²) in [5.41, 5.74) is 6.54. The second kappa shape index (κ2) is 5.87. The van der Waals surface area contributed by atoms with Gasteiger partial charge in [-0.25, -0.2) is 0 Å². The van der Waals surface area contributed by atoms with Crippen LogP contribution in [0.25, 0.3) is 0 Å². The third-order valence-electron chi connectivity index (χ3n) is 3.67. The average molecular weight is 282 g/mol. The summed E-state index contributed by atoms with van der Waals surface area (Å²) < 4.78 is 10.6. The van der Waals surface area contributed by atoms with Crippen molar-refractivity contribution in [2.45, 2.75) is 12.5 Å². The minimum absolute atomic E-state index is 0.231. The van der Waals surface area contributed by atoms with Crippen LogP contribution in [0, 0.1) is 0 Å². The van der Waals surface area contributed by atoms with E-state index in [1.54, 1.807) is 14.2 Å². The molecule has 0 aliphatic carbocycles. The molecule has 108 valence electrons. The summed E-state index contributed by atoms with van der Waals surface area (Å²) in [5.74, 6) is 1.45. The number of ether oxygens (including phenoxy) is 2. The zero-order valence-electron chi connectivity index (χ0n) is 12.2. The molecule has 21 heavy (non-hydrogen) atoms. The second-order valence-electron chi connectivity index (χ2n) is 4.92. The first-order valence-corrected chi connectivity index (χ1v) is 6.91. The molecule has 3 rings (SSSR count). The van der Waals surface area contributed by atoms with E-state index < -0.39 is 0 Å². The third kappa shape index (κ3) is 2.70. The molecular formula is C17H18N2O2. The zero-order valence-corrected chi connectivity index (χ0v) is 12.2. The highest BCUT2D eigenvalue weighted by atomic mass is 16.5. The lowest BCUT2D eigenvalue weighted by atomic mass is 9.99. The van der Waals surface area contributed by atoms with E-state index in [2.05, 4.69) is 22.7 Å². The maximum atomic E-state index is 5.35. The van der Waals surface area contributed by atoms with Crippen LogP contribution in [0.4, 0.5) is 0 Å². The average Bonchev–Trinajstić information content (AvgIpc) is 3.05. The molecule has 0 spiro atoms. The van der Waals surface area contributed by atoms with Crippen molar-refractivity contribution in [3.8, 4) is 11.5 Å². The molecule has 4 heteroatoms. The van der Waals surface area contributed by atoms with Crippen molar-refractivity contribution in [2.75, 3.05) is 14.2 Å². The largest absolute Gasteiger partial charge is 0.493 e. The van der Waals surface area contributed by atoms with E-state index in [0.717, 1.165) is 29.2 Å². The summed E-state index contributed by atoms with van der Waals surface area (Å²) >= 11 is 0. The molecular weight excluding hydrogens is 264 g/mol. The topological polar surface area (TPSA) is 42.8 Å². The molecule has 4 nitrogen and oxygen atoms in total. The van der Waals surface area contributed by atoms with Gasteiger partial charge in [-0.2, -0.15) is 5.10 Å². The lowest BCUT2D eigenvalue weighted by molar-refractivity contribution is 0.355. The van der Waals surface area contributed by atoms with Crippen LogP contribution in [0.5, 0.6) is 11.5 Å². The summed E-state index contributed by atoms with van der Waals surface area (Å²) in [4.78, 5) is 0. The first kappa shape index (κ1) is 13.5. The molecule has 1 heterocycles. The van der Waals surface area contributed by atoms with Crippen molar-refractivity contribution in [2.24, 2.45) is 5.10 Å². The fourth-order valence-electron chi connectivity index (χ4n) is 2.52. The van der Waals surface area contributed by atoms with Crippen molar-refractivity contribution in [3.05, 3.63) is 59.7 Å². The van der Waals surface area contributed by atoms with E-state index in [1.165, 1.54) is 5.56 Å². The number of hydrazone groups is 1. The van der Waals surface area contributed by atoms with E-state index in [0.29, 0.717) is 0 Å². The lowest BCUT2D eigenvalue weighted by Gasteiger charge is -2.11. The summed E-state index contributed by atoms with van der Waals surface area (Å²) in [6.07, 6.45) is 0.861. The van der Waals surface area contributed by atoms with Gasteiger partial charge in [-0.15, -0.1) is 0 Å². The van der Waals surface area contributed by atoms with Crippen LogP contribution in [0.2, 0.25) is 0 Å². The number of rotatable bonds is 4. The summed E-state index contributed by atoms with van der Waals surface area (Å²) in [6, 6.07) is 16.5. The smallest absolute Gasteiger partial charge is 0.161 e. The normalized spacial score (nSPS) is 17.0. The molecule has 1 aliphatic heterocycles. The zero-order chi connectivity index (χ0) is 14.7. The minimum atomic E-state index is 0.231. The van der Waals surface area contributed by atoms with Gasteiger partial charge in [-0.1, -0.05) is 30.3 Å². The highest BCUT2D eigenvalue weighted by molar-refractivity contribution is 6.02. The summed E-state index contributed by atoms with van der Waals surface area (Å²) in [6.45, 7) is 0. The van der Waals surface area contributed by atoms with Crippen LogP contribution in [0.15, 0.2) is 53.6 Å². The second-order valence-corrected chi connectivity index (χ2v) is 4.92. The predicted octanol–water partition coefficient (Wildman–Crippen LogP) is 3.14. The molecule has 1 aliphatic rings. The maximum absolute atomic E-state index is 5.35. The van der Waals surface area contributed by atoms with Crippen molar-refractivity contribution in [1.82, 2.24) is 5.43 Å². The Morgan fingerprint density at radius 1 is 1.00 bits per heavy atom.